The van der Waals surface area contributed by atoms with Crippen LogP contribution in [0.5, 0.6) is 0 Å². The van der Waals surface area contributed by atoms with Crippen LogP contribution in [0.15, 0.2) is 30.3 Å². The summed E-state index contributed by atoms with van der Waals surface area (Å²) in [5, 5.41) is 10.3. The maximum atomic E-state index is 12.7. The Kier molecular flexibility index (Phi) is 4.78. The molecule has 1 aromatic carbocycles. The number of amides is 1. The number of methoxy groups -OCH3 is 1. The van der Waals surface area contributed by atoms with Crippen molar-refractivity contribution in [3.63, 3.8) is 0 Å². The molecule has 1 saturated carbocycles. The number of carbonyl (C=O) groups excluding carboxylic acids is 1. The number of hydrogen-bond acceptors (Lipinski definition) is 4. The number of carbonyl (C=O) groups is 1. The van der Waals surface area contributed by atoms with Crippen molar-refractivity contribution in [3.05, 3.63) is 41.6 Å². The van der Waals surface area contributed by atoms with E-state index in [0.717, 1.165) is 30.7 Å². The number of benzene rings is 1. The van der Waals surface area contributed by atoms with Gasteiger partial charge in [-0.25, -0.2) is 0 Å². The number of H-pyrrole nitrogens is 1. The Hall–Kier alpha value is -2.18. The quantitative estimate of drug-likeness (QED) is 0.834. The summed E-state index contributed by atoms with van der Waals surface area (Å²) >= 11 is 0. The summed E-state index contributed by atoms with van der Waals surface area (Å²) in [7, 11) is 1.69. The summed E-state index contributed by atoms with van der Waals surface area (Å²) < 4.78 is 11.1. The number of aromatic amines is 1. The molecule has 26 heavy (non-hydrogen) atoms. The molecule has 6 heteroatoms. The molecule has 0 unspecified atom stereocenters. The zero-order valence-electron chi connectivity index (χ0n) is 15.2. The van der Waals surface area contributed by atoms with Crippen LogP contribution in [0, 0.1) is 11.8 Å². The van der Waals surface area contributed by atoms with E-state index in [-0.39, 0.29) is 24.0 Å². The van der Waals surface area contributed by atoms with E-state index in [2.05, 4.69) is 34.6 Å². The van der Waals surface area contributed by atoms with Gasteiger partial charge >= 0.3 is 0 Å². The number of fused-ring (bicyclic) bond motifs is 1. The van der Waals surface area contributed by atoms with Gasteiger partial charge in [-0.05, 0) is 24.5 Å². The monoisotopic (exact) mass is 355 g/mol. The molecular formula is C20H25N3O3. The maximum absolute atomic E-state index is 12.7. The average molecular weight is 355 g/mol. The summed E-state index contributed by atoms with van der Waals surface area (Å²) in [5.74, 6) is 0.494. The minimum absolute atomic E-state index is 0.102. The third-order valence-corrected chi connectivity index (χ3v) is 5.67. The summed E-state index contributed by atoms with van der Waals surface area (Å²) in [6, 6.07) is 10.2. The van der Waals surface area contributed by atoms with E-state index in [1.165, 1.54) is 5.56 Å². The molecule has 1 amide bonds. The van der Waals surface area contributed by atoms with Crippen molar-refractivity contribution in [1.29, 1.82) is 0 Å². The van der Waals surface area contributed by atoms with Gasteiger partial charge in [0.15, 0.2) is 0 Å². The fourth-order valence-electron chi connectivity index (χ4n) is 4.16. The molecule has 2 heterocycles. The van der Waals surface area contributed by atoms with Crippen molar-refractivity contribution in [2.75, 3.05) is 20.3 Å². The molecule has 1 saturated heterocycles. The van der Waals surface area contributed by atoms with Crippen molar-refractivity contribution in [2.24, 2.45) is 11.8 Å². The summed E-state index contributed by atoms with van der Waals surface area (Å²) in [4.78, 5) is 12.7. The number of aromatic nitrogens is 2. The third-order valence-electron chi connectivity index (χ3n) is 5.67. The highest BCUT2D eigenvalue weighted by Crippen LogP contribution is 2.43. The van der Waals surface area contributed by atoms with E-state index in [0.29, 0.717) is 18.2 Å². The molecular weight excluding hydrogens is 330 g/mol. The molecule has 1 aromatic heterocycles. The lowest BCUT2D eigenvalue weighted by molar-refractivity contribution is -0.0810. The molecule has 1 aliphatic carbocycles. The number of rotatable bonds is 6. The molecule has 2 N–H and O–H groups in total. The van der Waals surface area contributed by atoms with Gasteiger partial charge in [0.1, 0.15) is 5.69 Å². The average Bonchev–Trinajstić information content (AvgIpc) is 3.32. The highest BCUT2D eigenvalue weighted by Gasteiger charge is 2.54. The minimum atomic E-state index is -0.120. The Morgan fingerprint density at radius 1 is 1.38 bits per heavy atom. The number of nitrogens with zero attached hydrogens (tertiary/aromatic N) is 1. The van der Waals surface area contributed by atoms with Gasteiger partial charge in [0.25, 0.3) is 5.91 Å². The van der Waals surface area contributed by atoms with Gasteiger partial charge in [-0.1, -0.05) is 31.2 Å². The van der Waals surface area contributed by atoms with Gasteiger partial charge < -0.3 is 14.8 Å². The van der Waals surface area contributed by atoms with E-state index >= 15 is 0 Å². The summed E-state index contributed by atoms with van der Waals surface area (Å²) in [6.07, 6.45) is 2.22. The first-order valence-corrected chi connectivity index (χ1v) is 9.27. The highest BCUT2D eigenvalue weighted by atomic mass is 16.5. The van der Waals surface area contributed by atoms with Gasteiger partial charge in [-0.2, -0.15) is 5.10 Å². The maximum Gasteiger partial charge on any atom is 0.269 e. The Balaban J connectivity index is 1.44. The van der Waals surface area contributed by atoms with Crippen LogP contribution in [0.1, 0.15) is 29.4 Å². The molecule has 1 aliphatic heterocycles. The fraction of sp³-hybridized carbons (Fsp3) is 0.500. The Morgan fingerprint density at radius 2 is 2.19 bits per heavy atom. The molecule has 6 nitrogen and oxygen atoms in total. The van der Waals surface area contributed by atoms with Crippen molar-refractivity contribution >= 4 is 5.91 Å². The van der Waals surface area contributed by atoms with Crippen LogP contribution < -0.4 is 5.32 Å². The number of ether oxygens (including phenoxy) is 2. The first-order valence-electron chi connectivity index (χ1n) is 9.27. The summed E-state index contributed by atoms with van der Waals surface area (Å²) in [6.45, 7) is 3.50. The largest absolute Gasteiger partial charge is 0.384 e. The second-order valence-corrected chi connectivity index (χ2v) is 7.12. The van der Waals surface area contributed by atoms with E-state index in [1.54, 1.807) is 7.11 Å². The second kappa shape index (κ2) is 7.21. The molecule has 2 aliphatic rings. The molecule has 2 aromatic rings. The molecule has 0 spiro atoms. The smallest absolute Gasteiger partial charge is 0.269 e. The second-order valence-electron chi connectivity index (χ2n) is 7.12. The predicted octanol–water partition coefficient (Wildman–Crippen LogP) is 2.42. The lowest BCUT2D eigenvalue weighted by Crippen LogP contribution is -2.62. The lowest BCUT2D eigenvalue weighted by Gasteiger charge is -2.47. The van der Waals surface area contributed by atoms with E-state index in [4.69, 9.17) is 9.47 Å². The van der Waals surface area contributed by atoms with Crippen LogP contribution in [0.2, 0.25) is 0 Å². The van der Waals surface area contributed by atoms with Gasteiger partial charge in [-0.3, -0.25) is 9.89 Å². The number of aryl methyl sites for hydroxylation is 1. The van der Waals surface area contributed by atoms with Crippen LogP contribution >= 0.6 is 0 Å². The molecule has 4 atom stereocenters. The van der Waals surface area contributed by atoms with Gasteiger partial charge in [0, 0.05) is 37.2 Å². The van der Waals surface area contributed by atoms with E-state index in [1.807, 2.05) is 18.2 Å². The SMILES string of the molecule is CCc1ccc(-c2cc(C(=O)N[C@@H]3[C@@H](COC)[C@H]4OCC[C@@H]34)[nH]n2)cc1. The van der Waals surface area contributed by atoms with E-state index < -0.39 is 0 Å². The van der Waals surface area contributed by atoms with Crippen LogP contribution in [0.3, 0.4) is 0 Å². The lowest BCUT2D eigenvalue weighted by atomic mass is 9.67. The van der Waals surface area contributed by atoms with Crippen LogP contribution in [0.25, 0.3) is 11.3 Å². The predicted molar refractivity (Wildman–Crippen MR) is 97.9 cm³/mol. The Morgan fingerprint density at radius 3 is 2.92 bits per heavy atom. The zero-order chi connectivity index (χ0) is 18.1. The topological polar surface area (TPSA) is 76.2 Å². The Bertz CT molecular complexity index is 771. The molecule has 0 bridgehead atoms. The molecule has 4 rings (SSSR count). The van der Waals surface area contributed by atoms with Crippen molar-refractivity contribution in [2.45, 2.75) is 31.9 Å². The normalized spacial score (nSPS) is 27.0. The van der Waals surface area contributed by atoms with Crippen LogP contribution in [0.4, 0.5) is 0 Å². The number of nitrogens with one attached hydrogen (secondary N) is 2. The van der Waals surface area contributed by atoms with Crippen molar-refractivity contribution in [3.8, 4) is 11.3 Å². The first-order chi connectivity index (χ1) is 12.7. The van der Waals surface area contributed by atoms with Gasteiger partial charge in [-0.15, -0.1) is 0 Å². The molecule has 0 radical (unpaired) electrons. The van der Waals surface area contributed by atoms with Crippen LogP contribution in [-0.2, 0) is 15.9 Å². The molecule has 2 fully saturated rings. The van der Waals surface area contributed by atoms with Crippen molar-refractivity contribution < 1.29 is 14.3 Å². The summed E-state index contributed by atoms with van der Waals surface area (Å²) in [5.41, 5.74) is 3.55. The minimum Gasteiger partial charge on any atom is -0.384 e. The van der Waals surface area contributed by atoms with Gasteiger partial charge in [0.2, 0.25) is 0 Å². The van der Waals surface area contributed by atoms with Crippen molar-refractivity contribution in [1.82, 2.24) is 15.5 Å². The molecule has 138 valence electrons. The van der Waals surface area contributed by atoms with Crippen LogP contribution in [-0.4, -0.2) is 48.6 Å². The van der Waals surface area contributed by atoms with Gasteiger partial charge in [0.05, 0.1) is 18.4 Å². The highest BCUT2D eigenvalue weighted by molar-refractivity contribution is 5.93. The standard InChI is InChI=1S/C20H25N3O3/c1-3-12-4-6-13(7-5-12)16-10-17(23-22-16)20(24)21-18-14-8-9-26-19(14)15(18)11-25-2/h4-7,10,14-15,18-19H,3,8-9,11H2,1-2H3,(H,21,24)(H,22,23)/t14-,15+,18-,19-/m0/s1. The number of hydrogen-bond donors (Lipinski definition) is 2. The first kappa shape index (κ1) is 17.2. The zero-order valence-corrected chi connectivity index (χ0v) is 15.2. The Labute approximate surface area is 153 Å². The third kappa shape index (κ3) is 3.04. The fourth-order valence-corrected chi connectivity index (χ4v) is 4.16. The van der Waals surface area contributed by atoms with E-state index in [9.17, 15) is 4.79 Å².